The highest BCUT2D eigenvalue weighted by molar-refractivity contribution is 5.67. The van der Waals surface area contributed by atoms with Crippen LogP contribution in [0, 0.1) is 5.92 Å². The third-order valence-electron chi connectivity index (χ3n) is 4.87. The zero-order valence-electron chi connectivity index (χ0n) is 11.8. The molecular formula is C15H27NO2. The fraction of sp³-hybridized carbons (Fsp3) is 0.933. The second kappa shape index (κ2) is 6.05. The van der Waals surface area contributed by atoms with Crippen LogP contribution in [0.3, 0.4) is 0 Å². The molecule has 0 aliphatic carbocycles. The Hall–Kier alpha value is -0.570. The summed E-state index contributed by atoms with van der Waals surface area (Å²) in [7, 11) is 0. The molecule has 0 aromatic carbocycles. The summed E-state index contributed by atoms with van der Waals surface area (Å²) in [5.74, 6) is -0.191. The Morgan fingerprint density at radius 1 is 1.28 bits per heavy atom. The van der Waals surface area contributed by atoms with Crippen molar-refractivity contribution >= 4 is 5.97 Å². The first-order valence-electron chi connectivity index (χ1n) is 7.64. The van der Waals surface area contributed by atoms with E-state index >= 15 is 0 Å². The SMILES string of the molecule is CCCC(CC)N1C2CCC1CC(CC(=O)O)C2. The maximum absolute atomic E-state index is 10.9. The highest BCUT2D eigenvalue weighted by Gasteiger charge is 2.43. The lowest BCUT2D eigenvalue weighted by atomic mass is 9.86. The van der Waals surface area contributed by atoms with Crippen LogP contribution < -0.4 is 0 Å². The largest absolute Gasteiger partial charge is 0.481 e. The minimum absolute atomic E-state index is 0.380. The molecule has 3 atom stereocenters. The molecule has 0 aromatic heterocycles. The first-order chi connectivity index (χ1) is 8.65. The van der Waals surface area contributed by atoms with Gasteiger partial charge in [0.2, 0.25) is 0 Å². The molecule has 104 valence electrons. The van der Waals surface area contributed by atoms with Crippen LogP contribution in [0.4, 0.5) is 0 Å². The van der Waals surface area contributed by atoms with Gasteiger partial charge in [-0.05, 0) is 44.4 Å². The maximum Gasteiger partial charge on any atom is 0.303 e. The van der Waals surface area contributed by atoms with Crippen molar-refractivity contribution in [3.8, 4) is 0 Å². The Labute approximate surface area is 111 Å². The van der Waals surface area contributed by atoms with Crippen molar-refractivity contribution < 1.29 is 9.90 Å². The van der Waals surface area contributed by atoms with Gasteiger partial charge >= 0.3 is 5.97 Å². The predicted octanol–water partition coefficient (Wildman–Crippen LogP) is 3.28. The van der Waals surface area contributed by atoms with E-state index in [1.54, 1.807) is 0 Å². The molecular weight excluding hydrogens is 226 g/mol. The van der Waals surface area contributed by atoms with Crippen molar-refractivity contribution in [1.82, 2.24) is 4.90 Å². The van der Waals surface area contributed by atoms with E-state index in [4.69, 9.17) is 5.11 Å². The van der Waals surface area contributed by atoms with Crippen molar-refractivity contribution in [2.24, 2.45) is 5.92 Å². The third-order valence-corrected chi connectivity index (χ3v) is 4.87. The fourth-order valence-corrected chi connectivity index (χ4v) is 4.23. The van der Waals surface area contributed by atoms with Gasteiger partial charge in [0.15, 0.2) is 0 Å². The summed E-state index contributed by atoms with van der Waals surface area (Å²) in [4.78, 5) is 13.6. The summed E-state index contributed by atoms with van der Waals surface area (Å²) in [6.07, 6.45) is 8.99. The van der Waals surface area contributed by atoms with E-state index in [2.05, 4.69) is 18.7 Å². The highest BCUT2D eigenvalue weighted by Crippen LogP contribution is 2.42. The van der Waals surface area contributed by atoms with E-state index in [1.165, 1.54) is 32.1 Å². The van der Waals surface area contributed by atoms with Crippen LogP contribution in [0.25, 0.3) is 0 Å². The lowest BCUT2D eigenvalue weighted by Crippen LogP contribution is -2.48. The maximum atomic E-state index is 10.9. The topological polar surface area (TPSA) is 40.5 Å². The third kappa shape index (κ3) is 2.87. The second-order valence-corrected chi connectivity index (χ2v) is 6.12. The normalized spacial score (nSPS) is 33.6. The standard InChI is InChI=1S/C15H27NO2/c1-3-5-12(4-2)16-13-6-7-14(16)9-11(8-13)10-15(17)18/h11-14H,3-10H2,1-2H3,(H,17,18). The Morgan fingerprint density at radius 3 is 2.33 bits per heavy atom. The molecule has 2 heterocycles. The van der Waals surface area contributed by atoms with Crippen molar-refractivity contribution in [3.63, 3.8) is 0 Å². The van der Waals surface area contributed by atoms with E-state index in [1.807, 2.05) is 0 Å². The molecule has 0 radical (unpaired) electrons. The summed E-state index contributed by atoms with van der Waals surface area (Å²) in [6.45, 7) is 4.56. The van der Waals surface area contributed by atoms with E-state index < -0.39 is 5.97 Å². The predicted molar refractivity (Wildman–Crippen MR) is 72.6 cm³/mol. The average molecular weight is 253 g/mol. The van der Waals surface area contributed by atoms with Gasteiger partial charge in [-0.25, -0.2) is 0 Å². The molecule has 2 aliphatic heterocycles. The van der Waals surface area contributed by atoms with Crippen LogP contribution >= 0.6 is 0 Å². The molecule has 2 saturated heterocycles. The van der Waals surface area contributed by atoms with E-state index in [-0.39, 0.29) is 0 Å². The van der Waals surface area contributed by atoms with Gasteiger partial charge in [0.05, 0.1) is 0 Å². The zero-order chi connectivity index (χ0) is 13.1. The molecule has 0 amide bonds. The van der Waals surface area contributed by atoms with E-state index in [0.29, 0.717) is 24.4 Å². The van der Waals surface area contributed by atoms with Gasteiger partial charge in [-0.1, -0.05) is 20.3 Å². The van der Waals surface area contributed by atoms with Crippen molar-refractivity contribution in [3.05, 3.63) is 0 Å². The van der Waals surface area contributed by atoms with Gasteiger partial charge in [-0.2, -0.15) is 0 Å². The zero-order valence-corrected chi connectivity index (χ0v) is 11.8. The molecule has 2 rings (SSSR count). The van der Waals surface area contributed by atoms with Crippen molar-refractivity contribution in [2.75, 3.05) is 0 Å². The highest BCUT2D eigenvalue weighted by atomic mass is 16.4. The molecule has 3 nitrogen and oxygen atoms in total. The monoisotopic (exact) mass is 253 g/mol. The van der Waals surface area contributed by atoms with Crippen LogP contribution in [0.2, 0.25) is 0 Å². The first-order valence-corrected chi connectivity index (χ1v) is 7.64. The van der Waals surface area contributed by atoms with Crippen molar-refractivity contribution in [2.45, 2.75) is 83.3 Å². The van der Waals surface area contributed by atoms with E-state index in [9.17, 15) is 4.79 Å². The van der Waals surface area contributed by atoms with Gasteiger partial charge in [0, 0.05) is 24.5 Å². The summed E-state index contributed by atoms with van der Waals surface area (Å²) in [5.41, 5.74) is 0. The number of hydrogen-bond donors (Lipinski definition) is 1. The second-order valence-electron chi connectivity index (χ2n) is 6.12. The number of hydrogen-bond acceptors (Lipinski definition) is 2. The molecule has 0 aromatic rings. The van der Waals surface area contributed by atoms with Crippen molar-refractivity contribution in [1.29, 1.82) is 0 Å². The van der Waals surface area contributed by atoms with Gasteiger partial charge in [0.25, 0.3) is 0 Å². The summed E-state index contributed by atoms with van der Waals surface area (Å²) < 4.78 is 0. The van der Waals surface area contributed by atoms with Crippen LogP contribution in [0.1, 0.15) is 65.2 Å². The molecule has 18 heavy (non-hydrogen) atoms. The fourth-order valence-electron chi connectivity index (χ4n) is 4.23. The molecule has 0 spiro atoms. The summed E-state index contributed by atoms with van der Waals surface area (Å²) in [5, 5.41) is 8.95. The van der Waals surface area contributed by atoms with Gasteiger partial charge in [0.1, 0.15) is 0 Å². The van der Waals surface area contributed by atoms with Crippen LogP contribution in [0.5, 0.6) is 0 Å². The van der Waals surface area contributed by atoms with Crippen LogP contribution in [-0.4, -0.2) is 34.1 Å². The molecule has 1 N–H and O–H groups in total. The molecule has 3 heteroatoms. The first kappa shape index (κ1) is 13.9. The minimum atomic E-state index is -0.617. The summed E-state index contributed by atoms with van der Waals surface area (Å²) >= 11 is 0. The summed E-state index contributed by atoms with van der Waals surface area (Å²) in [6, 6.07) is 2.08. The van der Waals surface area contributed by atoms with Gasteiger partial charge in [-0.3, -0.25) is 9.69 Å². The number of aliphatic carboxylic acids is 1. The quantitative estimate of drug-likeness (QED) is 0.789. The number of nitrogens with zero attached hydrogens (tertiary/aromatic N) is 1. The number of rotatable bonds is 6. The Kier molecular flexibility index (Phi) is 4.66. The molecule has 2 aliphatic rings. The van der Waals surface area contributed by atoms with E-state index in [0.717, 1.165) is 18.9 Å². The lowest BCUT2D eigenvalue weighted by Gasteiger charge is -2.43. The molecule has 0 saturated carbocycles. The lowest BCUT2D eigenvalue weighted by molar-refractivity contribution is -0.138. The number of carboxylic acids is 1. The van der Waals surface area contributed by atoms with Crippen LogP contribution in [-0.2, 0) is 4.79 Å². The molecule has 2 fully saturated rings. The minimum Gasteiger partial charge on any atom is -0.481 e. The smallest absolute Gasteiger partial charge is 0.303 e. The Bertz CT molecular complexity index is 278. The number of carboxylic acid groups (broad SMARTS) is 1. The Morgan fingerprint density at radius 2 is 1.89 bits per heavy atom. The van der Waals surface area contributed by atoms with Crippen LogP contribution in [0.15, 0.2) is 0 Å². The van der Waals surface area contributed by atoms with Gasteiger partial charge < -0.3 is 5.11 Å². The Balaban J connectivity index is 1.98. The average Bonchev–Trinajstić information content (AvgIpc) is 2.57. The number of piperidine rings is 1. The molecule has 3 unspecified atom stereocenters. The van der Waals surface area contributed by atoms with Gasteiger partial charge in [-0.15, -0.1) is 0 Å². The number of carbonyl (C=O) groups is 1. The number of fused-ring (bicyclic) bond motifs is 2. The molecule has 2 bridgehead atoms.